The molecule has 0 fully saturated rings. The number of rotatable bonds is 4. The zero-order chi connectivity index (χ0) is 15.3. The molecule has 0 saturated heterocycles. The van der Waals surface area contributed by atoms with E-state index in [0.29, 0.717) is 5.69 Å². The first kappa shape index (κ1) is 16.3. The summed E-state index contributed by atoms with van der Waals surface area (Å²) in [5.74, 6) is 0. The van der Waals surface area contributed by atoms with E-state index in [1.165, 1.54) is 12.1 Å². The molecule has 0 aliphatic carbocycles. The predicted octanol–water partition coefficient (Wildman–Crippen LogP) is 3.38. The Morgan fingerprint density at radius 3 is 2.45 bits per heavy atom. The predicted molar refractivity (Wildman–Crippen MR) is 67.2 cm³/mol. The third-order valence-corrected chi connectivity index (χ3v) is 2.20. The number of hydrogen-bond donors (Lipinski definition) is 1. The number of nitrogens with zero attached hydrogens (tertiary/aromatic N) is 1. The summed E-state index contributed by atoms with van der Waals surface area (Å²) in [5.41, 5.74) is -0.387. The average molecular weight is 290 g/mol. The fourth-order valence-electron chi connectivity index (χ4n) is 1.33. The number of alkyl carbamates (subject to hydrolysis) is 1. The van der Waals surface area contributed by atoms with E-state index in [1.807, 2.05) is 0 Å². The Bertz CT molecular complexity index is 444. The van der Waals surface area contributed by atoms with Crippen molar-refractivity contribution in [3.05, 3.63) is 29.6 Å². The quantitative estimate of drug-likeness (QED) is 0.924. The lowest BCUT2D eigenvalue weighted by Gasteiger charge is -2.19. The van der Waals surface area contributed by atoms with E-state index in [9.17, 15) is 18.0 Å². The maximum absolute atomic E-state index is 13.0. The minimum absolute atomic E-state index is 0.0703. The van der Waals surface area contributed by atoms with Gasteiger partial charge >= 0.3 is 6.09 Å². The smallest absolute Gasteiger partial charge is 0.407 e. The van der Waals surface area contributed by atoms with Gasteiger partial charge in [-0.1, -0.05) is 6.07 Å². The molecule has 0 radical (unpaired) electrons. The molecule has 1 aromatic rings. The van der Waals surface area contributed by atoms with Crippen molar-refractivity contribution in [2.75, 3.05) is 0 Å². The number of amides is 1. The largest absolute Gasteiger partial charge is 0.444 e. The number of carbonyl (C=O) groups excluding carboxylic acids is 1. The van der Waals surface area contributed by atoms with Crippen LogP contribution in [-0.2, 0) is 11.3 Å². The lowest BCUT2D eigenvalue weighted by Crippen LogP contribution is -2.32. The molecule has 4 nitrogen and oxygen atoms in total. The topological polar surface area (TPSA) is 51.2 Å². The van der Waals surface area contributed by atoms with Crippen LogP contribution < -0.4 is 5.32 Å². The lowest BCUT2D eigenvalue weighted by atomic mass is 10.2. The van der Waals surface area contributed by atoms with Gasteiger partial charge in [-0.15, -0.1) is 0 Å². The summed E-state index contributed by atoms with van der Waals surface area (Å²) in [6.07, 6.45) is -5.01. The molecule has 0 aliphatic rings. The Morgan fingerprint density at radius 2 is 2.00 bits per heavy atom. The summed E-state index contributed by atoms with van der Waals surface area (Å²) in [6, 6.07) is 2.59. The maximum atomic E-state index is 13.0. The van der Waals surface area contributed by atoms with E-state index < -0.39 is 24.3 Å². The van der Waals surface area contributed by atoms with E-state index in [2.05, 4.69) is 10.3 Å². The van der Waals surface area contributed by atoms with Crippen LogP contribution in [0, 0.1) is 0 Å². The van der Waals surface area contributed by atoms with Gasteiger partial charge in [-0.2, -0.15) is 0 Å². The molecule has 7 heteroatoms. The normalized spacial score (nSPS) is 13.2. The van der Waals surface area contributed by atoms with Gasteiger partial charge in [-0.05, 0) is 26.8 Å². The van der Waals surface area contributed by atoms with Gasteiger partial charge < -0.3 is 10.1 Å². The van der Waals surface area contributed by atoms with E-state index in [1.54, 1.807) is 20.8 Å². The molecule has 0 aromatic carbocycles. The van der Waals surface area contributed by atoms with Gasteiger partial charge in [-0.25, -0.2) is 18.0 Å². The number of pyridine rings is 1. The zero-order valence-corrected chi connectivity index (χ0v) is 11.5. The van der Waals surface area contributed by atoms with E-state index in [-0.39, 0.29) is 12.1 Å². The Balaban J connectivity index is 2.52. The van der Waals surface area contributed by atoms with Crippen LogP contribution in [0.5, 0.6) is 0 Å². The molecule has 1 N–H and O–H groups in total. The van der Waals surface area contributed by atoms with E-state index >= 15 is 0 Å². The van der Waals surface area contributed by atoms with Crippen molar-refractivity contribution in [1.82, 2.24) is 10.3 Å². The molecule has 1 rings (SSSR count). The number of nitrogens with one attached hydrogen (secondary N) is 1. The second kappa shape index (κ2) is 6.58. The highest BCUT2D eigenvalue weighted by molar-refractivity contribution is 5.67. The van der Waals surface area contributed by atoms with Crippen LogP contribution in [0.4, 0.5) is 18.0 Å². The fourth-order valence-corrected chi connectivity index (χ4v) is 1.33. The van der Waals surface area contributed by atoms with Gasteiger partial charge in [0, 0.05) is 11.8 Å². The zero-order valence-electron chi connectivity index (χ0n) is 11.5. The number of alkyl halides is 3. The highest BCUT2D eigenvalue weighted by Gasteiger charge is 2.21. The third-order valence-electron chi connectivity index (χ3n) is 2.20. The highest BCUT2D eigenvalue weighted by atomic mass is 19.3. The van der Waals surface area contributed by atoms with Crippen LogP contribution >= 0.6 is 0 Å². The monoisotopic (exact) mass is 290 g/mol. The van der Waals surface area contributed by atoms with Crippen molar-refractivity contribution in [1.29, 1.82) is 0 Å². The Labute approximate surface area is 115 Å². The van der Waals surface area contributed by atoms with Gasteiger partial charge in [0.25, 0.3) is 6.43 Å². The molecule has 20 heavy (non-hydrogen) atoms. The van der Waals surface area contributed by atoms with Crippen molar-refractivity contribution in [3.63, 3.8) is 0 Å². The first-order valence-electron chi connectivity index (χ1n) is 6.03. The summed E-state index contributed by atoms with van der Waals surface area (Å²) in [5, 5.41) is 2.46. The molecule has 1 atom stereocenters. The maximum Gasteiger partial charge on any atom is 0.407 e. The molecule has 1 amide bonds. The number of carbonyl (C=O) groups is 1. The summed E-state index contributed by atoms with van der Waals surface area (Å²) >= 11 is 0. The first-order chi connectivity index (χ1) is 9.19. The van der Waals surface area contributed by atoms with Gasteiger partial charge in [0.15, 0.2) is 6.17 Å². The number of aromatic nitrogens is 1. The Morgan fingerprint density at radius 1 is 1.35 bits per heavy atom. The van der Waals surface area contributed by atoms with Crippen molar-refractivity contribution in [3.8, 4) is 0 Å². The Hall–Kier alpha value is -1.79. The van der Waals surface area contributed by atoms with Gasteiger partial charge in [0.1, 0.15) is 5.60 Å². The molecule has 0 aliphatic heterocycles. The minimum atomic E-state index is -3.08. The number of ether oxygens (including phenoxy) is 1. The van der Waals surface area contributed by atoms with Crippen LogP contribution in [0.15, 0.2) is 18.3 Å². The van der Waals surface area contributed by atoms with Crippen LogP contribution in [-0.4, -0.2) is 23.1 Å². The molecular weight excluding hydrogens is 273 g/mol. The molecule has 1 aromatic heterocycles. The SMILES string of the molecule is CC(C)(C)OC(=O)NCc1ccc(C(F)C(F)F)cn1. The molecule has 1 heterocycles. The molecule has 112 valence electrons. The molecule has 1 unspecified atom stereocenters. The number of halogens is 3. The van der Waals surface area contributed by atoms with Crippen LogP contribution in [0.3, 0.4) is 0 Å². The van der Waals surface area contributed by atoms with Crippen molar-refractivity contribution >= 4 is 6.09 Å². The summed E-state index contributed by atoms with van der Waals surface area (Å²) in [6.45, 7) is 5.25. The van der Waals surface area contributed by atoms with Gasteiger partial charge in [-0.3, -0.25) is 4.98 Å². The van der Waals surface area contributed by atoms with Crippen molar-refractivity contribution in [2.45, 2.75) is 45.5 Å². The molecular formula is C13H17F3N2O2. The van der Waals surface area contributed by atoms with Crippen molar-refractivity contribution < 1.29 is 22.7 Å². The molecule has 0 saturated carbocycles. The average Bonchev–Trinajstić information content (AvgIpc) is 2.34. The first-order valence-corrected chi connectivity index (χ1v) is 6.03. The third kappa shape index (κ3) is 5.46. The number of hydrogen-bond acceptors (Lipinski definition) is 3. The van der Waals surface area contributed by atoms with E-state index in [0.717, 1.165) is 6.20 Å². The van der Waals surface area contributed by atoms with Gasteiger partial charge in [0.2, 0.25) is 0 Å². The standard InChI is InChI=1S/C13H17F3N2O2/c1-13(2,3)20-12(19)18-7-9-5-4-8(6-17-9)10(14)11(15)16/h4-6,10-11H,7H2,1-3H3,(H,18,19). The second-order valence-corrected chi connectivity index (χ2v) is 5.17. The molecule has 0 spiro atoms. The second-order valence-electron chi connectivity index (χ2n) is 5.17. The van der Waals surface area contributed by atoms with Crippen LogP contribution in [0.1, 0.15) is 38.2 Å². The highest BCUT2D eigenvalue weighted by Crippen LogP contribution is 2.23. The lowest BCUT2D eigenvalue weighted by molar-refractivity contribution is 0.0494. The Kier molecular flexibility index (Phi) is 5.35. The van der Waals surface area contributed by atoms with E-state index in [4.69, 9.17) is 4.74 Å². The van der Waals surface area contributed by atoms with Crippen LogP contribution in [0.2, 0.25) is 0 Å². The summed E-state index contributed by atoms with van der Waals surface area (Å²) in [4.78, 5) is 15.2. The van der Waals surface area contributed by atoms with Gasteiger partial charge in [0.05, 0.1) is 12.2 Å². The molecule has 0 bridgehead atoms. The van der Waals surface area contributed by atoms with Crippen LogP contribution in [0.25, 0.3) is 0 Å². The fraction of sp³-hybridized carbons (Fsp3) is 0.538. The summed E-state index contributed by atoms with van der Waals surface area (Å²) < 4.78 is 42.3. The summed E-state index contributed by atoms with van der Waals surface area (Å²) in [7, 11) is 0. The minimum Gasteiger partial charge on any atom is -0.444 e. The van der Waals surface area contributed by atoms with Crippen molar-refractivity contribution in [2.24, 2.45) is 0 Å².